The van der Waals surface area contributed by atoms with E-state index in [2.05, 4.69) is 39.5 Å². The molecule has 0 spiro atoms. The minimum Gasteiger partial charge on any atom is -0.326 e. The first kappa shape index (κ1) is 16.0. The van der Waals surface area contributed by atoms with Gasteiger partial charge in [0.1, 0.15) is 0 Å². The Morgan fingerprint density at radius 3 is 2.28 bits per heavy atom. The van der Waals surface area contributed by atoms with Crippen molar-refractivity contribution in [3.05, 3.63) is 0 Å². The Morgan fingerprint density at radius 1 is 1.17 bits per heavy atom. The normalized spacial score (nSPS) is 27.5. The molecule has 0 bridgehead atoms. The van der Waals surface area contributed by atoms with Crippen LogP contribution in [0.2, 0.25) is 0 Å². The van der Waals surface area contributed by atoms with E-state index >= 15 is 0 Å². The molecule has 18 heavy (non-hydrogen) atoms. The van der Waals surface area contributed by atoms with Crippen LogP contribution in [0.15, 0.2) is 0 Å². The van der Waals surface area contributed by atoms with Gasteiger partial charge in [-0.1, -0.05) is 40.0 Å². The Balaban J connectivity index is 2.69. The van der Waals surface area contributed by atoms with Gasteiger partial charge >= 0.3 is 0 Å². The van der Waals surface area contributed by atoms with Gasteiger partial charge in [-0.3, -0.25) is 4.90 Å². The van der Waals surface area contributed by atoms with Crippen molar-refractivity contribution in [1.82, 2.24) is 4.90 Å². The van der Waals surface area contributed by atoms with Crippen LogP contribution < -0.4 is 5.73 Å². The zero-order valence-electron chi connectivity index (χ0n) is 13.2. The third-order valence-corrected chi connectivity index (χ3v) is 5.30. The predicted octanol–water partition coefficient (Wildman–Crippen LogP) is 3.65. The number of hydrogen-bond acceptors (Lipinski definition) is 2. The largest absolute Gasteiger partial charge is 0.326 e. The zero-order valence-corrected chi connectivity index (χ0v) is 13.2. The average molecular weight is 254 g/mol. The minimum absolute atomic E-state index is 0.129. The van der Waals surface area contributed by atoms with Gasteiger partial charge < -0.3 is 5.73 Å². The third-order valence-electron chi connectivity index (χ3n) is 5.30. The lowest BCUT2D eigenvalue weighted by molar-refractivity contribution is 0.0644. The highest BCUT2D eigenvalue weighted by molar-refractivity contribution is 4.96. The number of hydrogen-bond donors (Lipinski definition) is 1. The van der Waals surface area contributed by atoms with Crippen molar-refractivity contribution in [1.29, 1.82) is 0 Å². The average Bonchev–Trinajstić information content (AvgIpc) is 2.39. The fourth-order valence-corrected chi connectivity index (χ4v) is 3.86. The topological polar surface area (TPSA) is 29.3 Å². The van der Waals surface area contributed by atoms with Gasteiger partial charge in [-0.25, -0.2) is 0 Å². The predicted molar refractivity (Wildman–Crippen MR) is 80.7 cm³/mol. The van der Waals surface area contributed by atoms with E-state index in [1.165, 1.54) is 32.1 Å². The van der Waals surface area contributed by atoms with E-state index in [0.29, 0.717) is 6.04 Å². The second kappa shape index (κ2) is 6.91. The van der Waals surface area contributed by atoms with Crippen molar-refractivity contribution >= 4 is 0 Å². The van der Waals surface area contributed by atoms with E-state index in [1.54, 1.807) is 0 Å². The van der Waals surface area contributed by atoms with Crippen molar-refractivity contribution < 1.29 is 0 Å². The summed E-state index contributed by atoms with van der Waals surface area (Å²) in [6.45, 7) is 13.7. The molecule has 0 aliphatic heterocycles. The van der Waals surface area contributed by atoms with Gasteiger partial charge in [-0.2, -0.15) is 0 Å². The molecule has 0 radical (unpaired) electrons. The van der Waals surface area contributed by atoms with Crippen LogP contribution in [0, 0.1) is 11.8 Å². The smallest absolute Gasteiger partial charge is 0.0306 e. The van der Waals surface area contributed by atoms with Crippen LogP contribution in [-0.2, 0) is 0 Å². The van der Waals surface area contributed by atoms with Gasteiger partial charge in [0.2, 0.25) is 0 Å². The molecule has 0 heterocycles. The van der Waals surface area contributed by atoms with Crippen molar-refractivity contribution in [2.45, 2.75) is 78.3 Å². The molecule has 0 aromatic carbocycles. The molecule has 2 nitrogen and oxygen atoms in total. The molecule has 1 saturated carbocycles. The molecule has 3 unspecified atom stereocenters. The molecule has 1 fully saturated rings. The van der Waals surface area contributed by atoms with Crippen molar-refractivity contribution in [2.75, 3.05) is 13.1 Å². The first-order valence-corrected chi connectivity index (χ1v) is 7.97. The summed E-state index contributed by atoms with van der Waals surface area (Å²) >= 11 is 0. The van der Waals surface area contributed by atoms with Gasteiger partial charge in [0, 0.05) is 11.6 Å². The monoisotopic (exact) mass is 254 g/mol. The maximum absolute atomic E-state index is 6.65. The highest BCUT2D eigenvalue weighted by atomic mass is 15.2. The van der Waals surface area contributed by atoms with Gasteiger partial charge in [0.25, 0.3) is 0 Å². The Kier molecular flexibility index (Phi) is 6.13. The molecule has 108 valence electrons. The first-order valence-electron chi connectivity index (χ1n) is 7.97. The van der Waals surface area contributed by atoms with E-state index in [0.717, 1.165) is 24.9 Å². The molecule has 0 aromatic rings. The second-order valence-corrected chi connectivity index (χ2v) is 6.55. The Hall–Kier alpha value is -0.0800. The van der Waals surface area contributed by atoms with Crippen LogP contribution in [0.5, 0.6) is 0 Å². The molecular formula is C16H34N2. The minimum atomic E-state index is 0.129. The summed E-state index contributed by atoms with van der Waals surface area (Å²) in [5, 5.41) is 0. The van der Waals surface area contributed by atoms with E-state index in [4.69, 9.17) is 5.73 Å². The molecular weight excluding hydrogens is 220 g/mol. The number of likely N-dealkylation sites (N-methyl/N-ethyl adjacent to an activating group) is 1. The number of rotatable bonds is 6. The first-order chi connectivity index (χ1) is 8.47. The van der Waals surface area contributed by atoms with Crippen molar-refractivity contribution in [3.8, 4) is 0 Å². The molecule has 0 saturated heterocycles. The Bertz CT molecular complexity index is 233. The quantitative estimate of drug-likeness (QED) is 0.784. The van der Waals surface area contributed by atoms with Crippen LogP contribution >= 0.6 is 0 Å². The number of nitrogens with zero attached hydrogens (tertiary/aromatic N) is 1. The van der Waals surface area contributed by atoms with Crippen LogP contribution in [0.3, 0.4) is 0 Å². The molecule has 1 rings (SSSR count). The summed E-state index contributed by atoms with van der Waals surface area (Å²) in [5.41, 5.74) is 6.78. The number of nitrogens with two attached hydrogens (primary N) is 1. The van der Waals surface area contributed by atoms with Gasteiger partial charge in [-0.05, 0) is 51.6 Å². The highest BCUT2D eigenvalue weighted by Gasteiger charge is 2.38. The van der Waals surface area contributed by atoms with Gasteiger partial charge in [-0.15, -0.1) is 0 Å². The van der Waals surface area contributed by atoms with E-state index in [-0.39, 0.29) is 5.54 Å². The summed E-state index contributed by atoms with van der Waals surface area (Å²) in [6, 6.07) is 0.312. The maximum Gasteiger partial charge on any atom is 0.0306 e. The lowest BCUT2D eigenvalue weighted by Crippen LogP contribution is -2.59. The summed E-state index contributed by atoms with van der Waals surface area (Å²) in [7, 11) is 0. The van der Waals surface area contributed by atoms with Gasteiger partial charge in [0.05, 0.1) is 0 Å². The molecule has 1 aliphatic carbocycles. The molecule has 2 N–H and O–H groups in total. The molecule has 2 heteroatoms. The lowest BCUT2D eigenvalue weighted by atomic mass is 9.72. The molecule has 0 aromatic heterocycles. The van der Waals surface area contributed by atoms with Crippen LogP contribution in [0.1, 0.15) is 66.7 Å². The zero-order chi connectivity index (χ0) is 13.8. The summed E-state index contributed by atoms with van der Waals surface area (Å²) < 4.78 is 0. The summed E-state index contributed by atoms with van der Waals surface area (Å²) in [4.78, 5) is 2.52. The van der Waals surface area contributed by atoms with E-state index in [9.17, 15) is 0 Å². The fraction of sp³-hybridized carbons (Fsp3) is 1.00. The summed E-state index contributed by atoms with van der Waals surface area (Å²) in [5.74, 6) is 1.64. The van der Waals surface area contributed by atoms with Crippen molar-refractivity contribution in [2.24, 2.45) is 17.6 Å². The SMILES string of the molecule is CCC1CCCC(C(N)C(C)(C)N(CC)CC)C1. The molecule has 0 amide bonds. The van der Waals surface area contributed by atoms with Crippen molar-refractivity contribution in [3.63, 3.8) is 0 Å². The van der Waals surface area contributed by atoms with Crippen LogP contribution in [0.25, 0.3) is 0 Å². The van der Waals surface area contributed by atoms with E-state index < -0.39 is 0 Å². The Morgan fingerprint density at radius 2 is 1.78 bits per heavy atom. The van der Waals surface area contributed by atoms with Gasteiger partial charge in [0.15, 0.2) is 0 Å². The van der Waals surface area contributed by atoms with Crippen LogP contribution in [0.4, 0.5) is 0 Å². The highest BCUT2D eigenvalue weighted by Crippen LogP contribution is 2.36. The molecule has 1 aliphatic rings. The van der Waals surface area contributed by atoms with E-state index in [1.807, 2.05) is 0 Å². The second-order valence-electron chi connectivity index (χ2n) is 6.55. The standard InChI is InChI=1S/C16H34N2/c1-6-13-10-9-11-14(12-13)15(17)16(4,5)18(7-2)8-3/h13-15H,6-12,17H2,1-5H3. The third kappa shape index (κ3) is 3.48. The van der Waals surface area contributed by atoms with Crippen LogP contribution in [-0.4, -0.2) is 29.6 Å². The molecule has 3 atom stereocenters. The Labute approximate surface area is 114 Å². The summed E-state index contributed by atoms with van der Waals surface area (Å²) in [6.07, 6.45) is 6.82. The lowest BCUT2D eigenvalue weighted by Gasteiger charge is -2.46. The fourth-order valence-electron chi connectivity index (χ4n) is 3.86. The maximum atomic E-state index is 6.65.